The Hall–Kier alpha value is -2.42. The number of thiocarbonyl (C=S) groups is 1. The first-order valence-electron chi connectivity index (χ1n) is 9.64. The first-order chi connectivity index (χ1) is 14.5. The maximum atomic E-state index is 12.7. The van der Waals surface area contributed by atoms with Crippen molar-refractivity contribution in [3.8, 4) is 11.1 Å². The molecule has 30 heavy (non-hydrogen) atoms. The van der Waals surface area contributed by atoms with Crippen LogP contribution in [-0.2, 0) is 9.59 Å². The summed E-state index contributed by atoms with van der Waals surface area (Å²) in [5.74, 6) is -0.848. The second-order valence-corrected chi connectivity index (χ2v) is 9.67. The van der Waals surface area contributed by atoms with Gasteiger partial charge in [-0.25, -0.2) is 0 Å². The van der Waals surface area contributed by atoms with Crippen molar-refractivity contribution in [1.29, 1.82) is 0 Å². The van der Waals surface area contributed by atoms with Crippen molar-refractivity contribution in [1.82, 2.24) is 9.88 Å². The molecule has 1 amide bonds. The third kappa shape index (κ3) is 4.66. The Labute approximate surface area is 187 Å². The van der Waals surface area contributed by atoms with E-state index in [1.807, 2.05) is 12.3 Å². The number of thioether (sulfide) groups is 1. The molecule has 1 fully saturated rings. The van der Waals surface area contributed by atoms with E-state index in [2.05, 4.69) is 40.7 Å². The lowest BCUT2D eigenvalue weighted by atomic mass is 10.1. The van der Waals surface area contributed by atoms with Crippen LogP contribution in [0.25, 0.3) is 28.1 Å². The second kappa shape index (κ2) is 9.16. The number of hydrogen-bond acceptors (Lipinski definition) is 5. The van der Waals surface area contributed by atoms with Gasteiger partial charge in [-0.05, 0) is 65.1 Å². The number of aromatic nitrogens is 1. The van der Waals surface area contributed by atoms with Crippen molar-refractivity contribution in [3.05, 3.63) is 51.7 Å². The van der Waals surface area contributed by atoms with Gasteiger partial charge < -0.3 is 10.1 Å². The number of nitrogens with one attached hydrogen (secondary N) is 1. The van der Waals surface area contributed by atoms with Gasteiger partial charge in [0.15, 0.2) is 0 Å². The van der Waals surface area contributed by atoms with Crippen molar-refractivity contribution in [2.45, 2.75) is 25.7 Å². The molecule has 8 heteroatoms. The van der Waals surface area contributed by atoms with Gasteiger partial charge in [0.25, 0.3) is 5.91 Å². The maximum absolute atomic E-state index is 12.7. The largest absolute Gasteiger partial charge is 0.481 e. The van der Waals surface area contributed by atoms with Gasteiger partial charge in [-0.1, -0.05) is 36.5 Å². The predicted octanol–water partition coefficient (Wildman–Crippen LogP) is 5.74. The monoisotopic (exact) mass is 456 g/mol. The van der Waals surface area contributed by atoms with Crippen LogP contribution in [0.1, 0.15) is 30.6 Å². The highest BCUT2D eigenvalue weighted by molar-refractivity contribution is 8.26. The number of nitrogens with zero attached hydrogens (tertiary/aromatic N) is 1. The van der Waals surface area contributed by atoms with Gasteiger partial charge in [-0.2, -0.15) is 0 Å². The van der Waals surface area contributed by atoms with Gasteiger partial charge in [-0.15, -0.1) is 11.3 Å². The summed E-state index contributed by atoms with van der Waals surface area (Å²) < 4.78 is 0.569. The summed E-state index contributed by atoms with van der Waals surface area (Å²) in [6.45, 7) is 0.536. The number of carbonyl (C=O) groups excluding carboxylic acids is 1. The summed E-state index contributed by atoms with van der Waals surface area (Å²) in [5.41, 5.74) is 3.39. The molecule has 4 rings (SSSR count). The van der Waals surface area contributed by atoms with Crippen LogP contribution in [0, 0.1) is 0 Å². The van der Waals surface area contributed by atoms with Gasteiger partial charge in [0.1, 0.15) is 4.32 Å². The zero-order chi connectivity index (χ0) is 21.1. The molecule has 1 aromatic carbocycles. The lowest BCUT2D eigenvalue weighted by molar-refractivity contribution is -0.137. The smallest absolute Gasteiger partial charge is 0.303 e. The highest BCUT2D eigenvalue weighted by Crippen LogP contribution is 2.35. The van der Waals surface area contributed by atoms with E-state index >= 15 is 0 Å². The molecule has 3 heterocycles. The number of amides is 1. The van der Waals surface area contributed by atoms with Gasteiger partial charge in [0.05, 0.1) is 4.91 Å². The van der Waals surface area contributed by atoms with E-state index in [-0.39, 0.29) is 12.3 Å². The molecule has 3 aromatic rings. The molecule has 0 atom stereocenters. The molecule has 0 radical (unpaired) electrons. The number of carbonyl (C=O) groups is 2. The number of H-pyrrole nitrogens is 1. The minimum Gasteiger partial charge on any atom is -0.481 e. The zero-order valence-electron chi connectivity index (χ0n) is 16.1. The van der Waals surface area contributed by atoms with Gasteiger partial charge >= 0.3 is 5.97 Å². The van der Waals surface area contributed by atoms with E-state index in [1.165, 1.54) is 17.1 Å². The average Bonchev–Trinajstić information content (AvgIpc) is 3.43. The van der Waals surface area contributed by atoms with E-state index in [1.54, 1.807) is 16.2 Å². The molecule has 5 nitrogen and oxygen atoms in total. The van der Waals surface area contributed by atoms with Crippen LogP contribution in [-0.4, -0.2) is 37.7 Å². The Balaban J connectivity index is 1.41. The predicted molar refractivity (Wildman–Crippen MR) is 128 cm³/mol. The molecule has 1 aliphatic rings. The standard InChI is InChI=1S/C22H20N2O3S3/c25-20(26)4-2-1-3-9-24-21(27)19(30-22(24)28)12-17-11-16(13-29-17)14-5-6-18-15(10-14)7-8-23-18/h5-8,10-13,23H,1-4,9H2,(H,25,26). The Morgan fingerprint density at radius 2 is 2.03 bits per heavy atom. The van der Waals surface area contributed by atoms with Crippen molar-refractivity contribution < 1.29 is 14.7 Å². The summed E-state index contributed by atoms with van der Waals surface area (Å²) in [5, 5.41) is 12.0. The normalized spacial score (nSPS) is 15.6. The summed E-state index contributed by atoms with van der Waals surface area (Å²) in [6, 6.07) is 10.5. The van der Waals surface area contributed by atoms with Gasteiger partial charge in [0.2, 0.25) is 0 Å². The number of carboxylic acids is 1. The molecule has 0 spiro atoms. The molecule has 1 saturated heterocycles. The Morgan fingerprint density at radius 1 is 1.17 bits per heavy atom. The molecule has 2 N–H and O–H groups in total. The number of hydrogen-bond donors (Lipinski definition) is 2. The molecule has 154 valence electrons. The van der Waals surface area contributed by atoms with E-state index in [4.69, 9.17) is 17.3 Å². The zero-order valence-corrected chi connectivity index (χ0v) is 18.5. The summed E-state index contributed by atoms with van der Waals surface area (Å²) >= 11 is 8.32. The first kappa shape index (κ1) is 20.8. The molecular weight excluding hydrogens is 436 g/mol. The Morgan fingerprint density at radius 3 is 2.87 bits per heavy atom. The molecule has 1 aliphatic heterocycles. The third-order valence-corrected chi connectivity index (χ3v) is 7.18. The van der Waals surface area contributed by atoms with Crippen LogP contribution in [0.4, 0.5) is 0 Å². The van der Waals surface area contributed by atoms with Crippen molar-refractivity contribution in [3.63, 3.8) is 0 Å². The molecular formula is C22H20N2O3S3. The lowest BCUT2D eigenvalue weighted by Gasteiger charge is -2.13. The Bertz CT molecular complexity index is 1150. The highest BCUT2D eigenvalue weighted by Gasteiger charge is 2.31. The van der Waals surface area contributed by atoms with Gasteiger partial charge in [-0.3, -0.25) is 14.5 Å². The van der Waals surface area contributed by atoms with Crippen molar-refractivity contribution >= 4 is 68.5 Å². The second-order valence-electron chi connectivity index (χ2n) is 7.06. The molecule has 2 aromatic heterocycles. The summed E-state index contributed by atoms with van der Waals surface area (Å²) in [7, 11) is 0. The number of carboxylic acid groups (broad SMARTS) is 1. The fraction of sp³-hybridized carbons (Fsp3) is 0.227. The van der Waals surface area contributed by atoms with E-state index in [0.717, 1.165) is 34.4 Å². The molecule has 0 aliphatic carbocycles. The van der Waals surface area contributed by atoms with E-state index in [0.29, 0.717) is 22.2 Å². The number of benzene rings is 1. The fourth-order valence-corrected chi connectivity index (χ4v) is 5.58. The minimum absolute atomic E-state index is 0.0630. The summed E-state index contributed by atoms with van der Waals surface area (Å²) in [6.07, 6.45) is 6.14. The lowest BCUT2D eigenvalue weighted by Crippen LogP contribution is -2.29. The molecule has 0 bridgehead atoms. The van der Waals surface area contributed by atoms with Crippen LogP contribution >= 0.6 is 35.3 Å². The Kier molecular flexibility index (Phi) is 6.36. The van der Waals surface area contributed by atoms with Crippen LogP contribution in [0.15, 0.2) is 46.8 Å². The van der Waals surface area contributed by atoms with Gasteiger partial charge in [0, 0.05) is 29.6 Å². The number of fused-ring (bicyclic) bond motifs is 1. The number of unbranched alkanes of at least 4 members (excludes halogenated alkanes) is 2. The molecule has 0 saturated carbocycles. The van der Waals surface area contributed by atoms with E-state index in [9.17, 15) is 9.59 Å². The van der Waals surface area contributed by atoms with Crippen molar-refractivity contribution in [2.24, 2.45) is 0 Å². The quantitative estimate of drug-likeness (QED) is 0.257. The third-order valence-electron chi connectivity index (χ3n) is 4.93. The fourth-order valence-electron chi connectivity index (χ4n) is 3.36. The maximum Gasteiger partial charge on any atom is 0.303 e. The van der Waals surface area contributed by atoms with Crippen LogP contribution in [0.5, 0.6) is 0 Å². The summed E-state index contributed by atoms with van der Waals surface area (Å²) in [4.78, 5) is 29.8. The van der Waals surface area contributed by atoms with E-state index < -0.39 is 5.97 Å². The number of thiophene rings is 1. The number of aromatic amines is 1. The highest BCUT2D eigenvalue weighted by atomic mass is 32.2. The molecule has 0 unspecified atom stereocenters. The topological polar surface area (TPSA) is 73.4 Å². The minimum atomic E-state index is -0.785. The van der Waals surface area contributed by atoms with Crippen molar-refractivity contribution in [2.75, 3.05) is 6.54 Å². The van der Waals surface area contributed by atoms with Crippen LogP contribution < -0.4 is 0 Å². The number of rotatable bonds is 8. The van der Waals surface area contributed by atoms with Crippen LogP contribution in [0.2, 0.25) is 0 Å². The number of aliphatic carboxylic acids is 1. The first-order valence-corrected chi connectivity index (χ1v) is 11.7. The average molecular weight is 457 g/mol. The SMILES string of the molecule is O=C(O)CCCCCN1C(=O)C(=Cc2cc(-c3ccc4[nH]ccc4c3)cs2)SC1=S. The van der Waals surface area contributed by atoms with Crippen LogP contribution in [0.3, 0.4) is 0 Å².